The molecule has 2 aromatic carbocycles. The van der Waals surface area contributed by atoms with Crippen molar-refractivity contribution >= 4 is 34.4 Å². The minimum absolute atomic E-state index is 0.131. The summed E-state index contributed by atoms with van der Waals surface area (Å²) in [5, 5.41) is 3.24. The van der Waals surface area contributed by atoms with E-state index in [-0.39, 0.29) is 5.50 Å². The molecule has 3 heterocycles. The number of aromatic nitrogens is 2. The van der Waals surface area contributed by atoms with Gasteiger partial charge in [0.1, 0.15) is 28.3 Å². The Labute approximate surface area is 171 Å². The summed E-state index contributed by atoms with van der Waals surface area (Å²) in [6.45, 7) is 3.03. The van der Waals surface area contributed by atoms with Crippen molar-refractivity contribution in [1.29, 1.82) is 0 Å². The van der Waals surface area contributed by atoms with Crippen LogP contribution in [0, 0.1) is 0 Å². The number of nitrogens with zero attached hydrogens (tertiary/aromatic N) is 2. The lowest BCUT2D eigenvalue weighted by Crippen LogP contribution is -2.30. The molecule has 150 valence electrons. The molecule has 2 aliphatic rings. The molecule has 0 radical (unpaired) electrons. The number of primary amides is 1. The van der Waals surface area contributed by atoms with E-state index in [9.17, 15) is 4.79 Å². The van der Waals surface area contributed by atoms with Crippen LogP contribution in [-0.4, -0.2) is 33.7 Å². The molecular formula is C20H21N5O3S. The van der Waals surface area contributed by atoms with Crippen LogP contribution in [-0.2, 0) is 11.3 Å². The standard InChI is InChI=1S/C20H21N5O3S/c1-10(18(21)26)28-12-8-14-17-15(9-12)27-6-2-5-25(17)19(23-14)11-3-4-13-16(7-11)29-20(22)24-13/h3-4,7-10,20,24H,2,5-6,22H2,1H3,(H2,21,26)/t10-,20?/m0/s1. The number of benzene rings is 2. The number of thioether (sulfide) groups is 1. The minimum Gasteiger partial charge on any atom is -0.491 e. The van der Waals surface area contributed by atoms with Gasteiger partial charge >= 0.3 is 0 Å². The van der Waals surface area contributed by atoms with E-state index in [1.165, 1.54) is 0 Å². The highest BCUT2D eigenvalue weighted by molar-refractivity contribution is 8.00. The molecule has 0 saturated carbocycles. The van der Waals surface area contributed by atoms with Crippen LogP contribution in [0.4, 0.5) is 5.69 Å². The fourth-order valence-electron chi connectivity index (χ4n) is 3.69. The molecule has 2 aliphatic heterocycles. The number of nitrogens with one attached hydrogen (secondary N) is 1. The fraction of sp³-hybridized carbons (Fsp3) is 0.300. The molecule has 5 N–H and O–H groups in total. The number of anilines is 1. The SMILES string of the molecule is C[C@H](Oc1cc2c3c(c1)nc(-c1ccc4c(c1)SC(N)N4)n3CCCO2)C(N)=O. The van der Waals surface area contributed by atoms with Crippen molar-refractivity contribution in [3.05, 3.63) is 30.3 Å². The maximum Gasteiger partial charge on any atom is 0.258 e. The number of hydrogen-bond acceptors (Lipinski definition) is 7. The van der Waals surface area contributed by atoms with Gasteiger partial charge in [-0.3, -0.25) is 4.79 Å². The Balaban J connectivity index is 1.63. The normalized spacial score (nSPS) is 18.5. The predicted molar refractivity (Wildman–Crippen MR) is 112 cm³/mol. The van der Waals surface area contributed by atoms with Crippen LogP contribution in [0.5, 0.6) is 11.5 Å². The quantitative estimate of drug-likeness (QED) is 0.604. The number of carbonyl (C=O) groups excluding carboxylic acids is 1. The van der Waals surface area contributed by atoms with Gasteiger partial charge in [0, 0.05) is 34.8 Å². The Morgan fingerprint density at radius 2 is 2.28 bits per heavy atom. The molecular weight excluding hydrogens is 390 g/mol. The lowest BCUT2D eigenvalue weighted by atomic mass is 10.2. The van der Waals surface area contributed by atoms with E-state index < -0.39 is 12.0 Å². The summed E-state index contributed by atoms with van der Waals surface area (Å²) < 4.78 is 13.8. The molecule has 0 saturated heterocycles. The summed E-state index contributed by atoms with van der Waals surface area (Å²) in [5.41, 5.74) is 14.9. The molecule has 1 unspecified atom stereocenters. The first-order valence-corrected chi connectivity index (χ1v) is 10.3. The van der Waals surface area contributed by atoms with Gasteiger partial charge in [0.2, 0.25) is 0 Å². The number of rotatable bonds is 4. The van der Waals surface area contributed by atoms with E-state index in [1.807, 2.05) is 18.2 Å². The van der Waals surface area contributed by atoms with Gasteiger partial charge in [-0.2, -0.15) is 0 Å². The first kappa shape index (κ1) is 18.1. The van der Waals surface area contributed by atoms with Gasteiger partial charge in [-0.1, -0.05) is 11.8 Å². The highest BCUT2D eigenvalue weighted by Gasteiger charge is 2.24. The van der Waals surface area contributed by atoms with Gasteiger partial charge in [-0.05, 0) is 31.5 Å². The summed E-state index contributed by atoms with van der Waals surface area (Å²) in [5.74, 6) is 1.56. The van der Waals surface area contributed by atoms with Gasteiger partial charge in [-0.25, -0.2) is 4.98 Å². The van der Waals surface area contributed by atoms with Gasteiger partial charge in [0.05, 0.1) is 12.1 Å². The van der Waals surface area contributed by atoms with Gasteiger partial charge < -0.3 is 30.8 Å². The zero-order chi connectivity index (χ0) is 20.1. The van der Waals surface area contributed by atoms with Crippen LogP contribution in [0.3, 0.4) is 0 Å². The lowest BCUT2D eigenvalue weighted by molar-refractivity contribution is -0.123. The Hall–Kier alpha value is -2.91. The van der Waals surface area contributed by atoms with E-state index in [0.717, 1.165) is 46.0 Å². The Morgan fingerprint density at radius 3 is 3.10 bits per heavy atom. The molecule has 1 amide bonds. The predicted octanol–water partition coefficient (Wildman–Crippen LogP) is 2.50. The molecule has 0 fully saturated rings. The first-order valence-electron chi connectivity index (χ1n) is 9.46. The maximum absolute atomic E-state index is 11.4. The summed E-state index contributed by atoms with van der Waals surface area (Å²) in [6, 6.07) is 9.83. The molecule has 5 rings (SSSR count). The molecule has 0 aliphatic carbocycles. The minimum atomic E-state index is -0.738. The monoisotopic (exact) mass is 411 g/mol. The second kappa shape index (κ2) is 6.85. The first-order chi connectivity index (χ1) is 14.0. The fourth-order valence-corrected chi connectivity index (χ4v) is 4.59. The largest absolute Gasteiger partial charge is 0.491 e. The number of ether oxygens (including phenoxy) is 2. The molecule has 0 spiro atoms. The van der Waals surface area contributed by atoms with Gasteiger partial charge in [-0.15, -0.1) is 0 Å². The Kier molecular flexibility index (Phi) is 4.29. The van der Waals surface area contributed by atoms with E-state index in [1.54, 1.807) is 24.8 Å². The van der Waals surface area contributed by atoms with Crippen molar-refractivity contribution < 1.29 is 14.3 Å². The van der Waals surface area contributed by atoms with Crippen molar-refractivity contribution in [1.82, 2.24) is 9.55 Å². The van der Waals surface area contributed by atoms with Crippen molar-refractivity contribution in [2.24, 2.45) is 11.5 Å². The molecule has 0 bridgehead atoms. The number of imidazole rings is 1. The van der Waals surface area contributed by atoms with Gasteiger partial charge in [0.25, 0.3) is 5.91 Å². The highest BCUT2D eigenvalue weighted by Crippen LogP contribution is 2.41. The third kappa shape index (κ3) is 3.16. The van der Waals surface area contributed by atoms with E-state index >= 15 is 0 Å². The van der Waals surface area contributed by atoms with Crippen LogP contribution in [0.15, 0.2) is 35.2 Å². The van der Waals surface area contributed by atoms with Crippen LogP contribution in [0.25, 0.3) is 22.4 Å². The molecule has 9 heteroatoms. The zero-order valence-corrected chi connectivity index (χ0v) is 16.7. The zero-order valence-electron chi connectivity index (χ0n) is 15.8. The topological polar surface area (TPSA) is 117 Å². The molecule has 8 nitrogen and oxygen atoms in total. The van der Waals surface area contributed by atoms with Crippen molar-refractivity contribution in [3.8, 4) is 22.9 Å². The Morgan fingerprint density at radius 1 is 1.41 bits per heavy atom. The summed E-state index contributed by atoms with van der Waals surface area (Å²) >= 11 is 1.59. The molecule has 3 aromatic rings. The van der Waals surface area contributed by atoms with Crippen LogP contribution in [0.2, 0.25) is 0 Å². The average molecular weight is 411 g/mol. The summed E-state index contributed by atoms with van der Waals surface area (Å²) in [6.07, 6.45) is 0.130. The second-order valence-electron chi connectivity index (χ2n) is 7.13. The number of nitrogens with two attached hydrogens (primary N) is 2. The maximum atomic E-state index is 11.4. The number of fused-ring (bicyclic) bond motifs is 1. The smallest absolute Gasteiger partial charge is 0.258 e. The van der Waals surface area contributed by atoms with Crippen molar-refractivity contribution in [2.75, 3.05) is 11.9 Å². The number of aryl methyl sites for hydroxylation is 1. The van der Waals surface area contributed by atoms with Crippen LogP contribution >= 0.6 is 11.8 Å². The number of carbonyl (C=O) groups is 1. The number of hydrogen-bond donors (Lipinski definition) is 3. The molecule has 29 heavy (non-hydrogen) atoms. The lowest BCUT2D eigenvalue weighted by Gasteiger charge is -2.13. The van der Waals surface area contributed by atoms with E-state index in [0.29, 0.717) is 18.1 Å². The third-order valence-corrected chi connectivity index (χ3v) is 6.03. The summed E-state index contributed by atoms with van der Waals surface area (Å²) in [7, 11) is 0. The average Bonchev–Trinajstić information content (AvgIpc) is 3.15. The van der Waals surface area contributed by atoms with Gasteiger partial charge in [0.15, 0.2) is 6.10 Å². The molecule has 1 aromatic heterocycles. The number of amides is 1. The van der Waals surface area contributed by atoms with E-state index in [4.69, 9.17) is 25.9 Å². The highest BCUT2D eigenvalue weighted by atomic mass is 32.2. The second-order valence-corrected chi connectivity index (χ2v) is 8.32. The third-order valence-electron chi connectivity index (χ3n) is 5.07. The Bertz CT molecular complexity index is 1130. The van der Waals surface area contributed by atoms with Crippen LogP contribution < -0.4 is 26.3 Å². The van der Waals surface area contributed by atoms with E-state index in [2.05, 4.69) is 16.0 Å². The van der Waals surface area contributed by atoms with Crippen molar-refractivity contribution in [3.63, 3.8) is 0 Å². The van der Waals surface area contributed by atoms with Crippen molar-refractivity contribution in [2.45, 2.75) is 36.4 Å². The molecule has 2 atom stereocenters. The summed E-state index contributed by atoms with van der Waals surface area (Å²) in [4.78, 5) is 17.4. The van der Waals surface area contributed by atoms with Crippen LogP contribution in [0.1, 0.15) is 13.3 Å².